The van der Waals surface area contributed by atoms with E-state index in [1.54, 1.807) is 0 Å². The van der Waals surface area contributed by atoms with Gasteiger partial charge in [0.05, 0.1) is 13.2 Å². The molecule has 0 aromatic rings. The summed E-state index contributed by atoms with van der Waals surface area (Å²) in [6.07, 6.45) is 0.211. The Hall–Kier alpha value is -0.190. The Bertz CT molecular complexity index is 131. The highest BCUT2D eigenvalue weighted by Gasteiger charge is 2.46. The summed E-state index contributed by atoms with van der Waals surface area (Å²) in [6.45, 7) is 1.47. The van der Waals surface area contributed by atoms with Crippen LogP contribution < -0.4 is 0 Å². The lowest BCUT2D eigenvalue weighted by Gasteiger charge is -2.00. The van der Waals surface area contributed by atoms with E-state index in [1.165, 1.54) is 0 Å². The van der Waals surface area contributed by atoms with Crippen molar-refractivity contribution in [2.45, 2.75) is 12.0 Å². The van der Waals surface area contributed by atoms with Gasteiger partial charge in [-0.3, -0.25) is 0 Å². The second-order valence-corrected chi connectivity index (χ2v) is 2.64. The number of epoxide rings is 2. The Morgan fingerprint density at radius 1 is 1.70 bits per heavy atom. The van der Waals surface area contributed by atoms with Crippen LogP contribution in [0, 0.1) is 0 Å². The normalized spacial score (nSPS) is 43.5. The first-order chi connectivity index (χ1) is 4.79. The van der Waals surface area contributed by atoms with Gasteiger partial charge in [-0.1, -0.05) is 0 Å². The number of hydrogen-bond acceptors (Lipinski definition) is 3. The molecule has 3 nitrogen and oxygen atoms in total. The molecule has 2 heterocycles. The molecule has 0 bridgehead atoms. The van der Waals surface area contributed by atoms with Crippen molar-refractivity contribution in [3.05, 3.63) is 0 Å². The lowest BCUT2D eigenvalue weighted by molar-refractivity contribution is 0.00864. The molecule has 2 fully saturated rings. The standard InChI is InChI=1S/C6H9FO3/c7-6(4-10-6)3-8-1-5-2-9-5/h5H,1-4H2. The van der Waals surface area contributed by atoms with Gasteiger partial charge in [-0.05, 0) is 0 Å². The van der Waals surface area contributed by atoms with E-state index in [0.717, 1.165) is 6.61 Å². The molecule has 10 heavy (non-hydrogen) atoms. The zero-order chi connectivity index (χ0) is 7.03. The maximum atomic E-state index is 12.6. The van der Waals surface area contributed by atoms with Crippen LogP contribution in [0.5, 0.6) is 0 Å². The molecule has 0 N–H and O–H groups in total. The lowest BCUT2D eigenvalue weighted by Crippen LogP contribution is -2.15. The molecular formula is C6H9FO3. The molecule has 0 aromatic heterocycles. The minimum absolute atomic E-state index is 0.0485. The van der Waals surface area contributed by atoms with Crippen LogP contribution in [0.25, 0.3) is 0 Å². The van der Waals surface area contributed by atoms with Crippen molar-refractivity contribution in [1.29, 1.82) is 0 Å². The van der Waals surface area contributed by atoms with Gasteiger partial charge in [-0.2, -0.15) is 0 Å². The zero-order valence-electron chi connectivity index (χ0n) is 5.51. The Labute approximate surface area is 58.1 Å². The molecule has 2 aliphatic rings. The predicted octanol–water partition coefficient (Wildman–Crippen LogP) is 0.0978. The molecule has 2 atom stereocenters. The number of ether oxygens (including phenoxy) is 3. The molecule has 0 aromatic carbocycles. The molecule has 2 saturated heterocycles. The first-order valence-corrected chi connectivity index (χ1v) is 3.31. The minimum Gasteiger partial charge on any atom is -0.373 e. The summed E-state index contributed by atoms with van der Waals surface area (Å²) in [5, 5.41) is 0. The Morgan fingerprint density at radius 2 is 2.40 bits per heavy atom. The van der Waals surface area contributed by atoms with Gasteiger partial charge in [-0.15, -0.1) is 0 Å². The molecule has 4 heteroatoms. The summed E-state index contributed by atoms with van der Waals surface area (Å²) >= 11 is 0. The van der Waals surface area contributed by atoms with E-state index < -0.39 is 5.85 Å². The first kappa shape index (κ1) is 6.52. The summed E-state index contributed by atoms with van der Waals surface area (Å²) in [5.74, 6) is -1.46. The monoisotopic (exact) mass is 148 g/mol. The van der Waals surface area contributed by atoms with Gasteiger partial charge in [0.15, 0.2) is 0 Å². The molecule has 0 saturated carbocycles. The predicted molar refractivity (Wildman–Crippen MR) is 30.3 cm³/mol. The van der Waals surface area contributed by atoms with Gasteiger partial charge in [0.2, 0.25) is 0 Å². The van der Waals surface area contributed by atoms with E-state index in [4.69, 9.17) is 9.47 Å². The average Bonchev–Trinajstić information content (AvgIpc) is 2.70. The number of halogens is 1. The van der Waals surface area contributed by atoms with Gasteiger partial charge in [0.25, 0.3) is 5.85 Å². The van der Waals surface area contributed by atoms with Gasteiger partial charge in [0, 0.05) is 0 Å². The number of alkyl halides is 1. The summed E-state index contributed by atoms with van der Waals surface area (Å²) in [5.41, 5.74) is 0. The maximum Gasteiger partial charge on any atom is 0.256 e. The van der Waals surface area contributed by atoms with Crippen molar-refractivity contribution < 1.29 is 18.6 Å². The van der Waals surface area contributed by atoms with Gasteiger partial charge >= 0.3 is 0 Å². The highest BCUT2D eigenvalue weighted by atomic mass is 19.2. The summed E-state index contributed by atoms with van der Waals surface area (Å²) < 4.78 is 26.9. The van der Waals surface area contributed by atoms with Crippen LogP contribution in [0.2, 0.25) is 0 Å². The van der Waals surface area contributed by atoms with Crippen LogP contribution in [0.15, 0.2) is 0 Å². The van der Waals surface area contributed by atoms with Crippen molar-refractivity contribution in [2.24, 2.45) is 0 Å². The number of rotatable bonds is 4. The van der Waals surface area contributed by atoms with Crippen molar-refractivity contribution in [2.75, 3.05) is 26.4 Å². The summed E-state index contributed by atoms with van der Waals surface area (Å²) in [4.78, 5) is 0. The topological polar surface area (TPSA) is 34.3 Å². The smallest absolute Gasteiger partial charge is 0.256 e. The van der Waals surface area contributed by atoms with Crippen LogP contribution in [-0.4, -0.2) is 38.4 Å². The zero-order valence-corrected chi connectivity index (χ0v) is 5.51. The Morgan fingerprint density at radius 3 is 2.90 bits per heavy atom. The summed E-state index contributed by atoms with van der Waals surface area (Å²) in [6, 6.07) is 0. The van der Waals surface area contributed by atoms with Gasteiger partial charge < -0.3 is 14.2 Å². The first-order valence-electron chi connectivity index (χ1n) is 3.31. The van der Waals surface area contributed by atoms with Crippen molar-refractivity contribution in [3.63, 3.8) is 0 Å². The molecule has 0 spiro atoms. The van der Waals surface area contributed by atoms with Gasteiger partial charge in [-0.25, -0.2) is 4.39 Å². The lowest BCUT2D eigenvalue weighted by atomic mass is 10.4. The van der Waals surface area contributed by atoms with E-state index in [2.05, 4.69) is 4.74 Å². The van der Waals surface area contributed by atoms with Crippen LogP contribution in [0.3, 0.4) is 0 Å². The highest BCUT2D eigenvalue weighted by Crippen LogP contribution is 2.28. The van der Waals surface area contributed by atoms with E-state index in [0.29, 0.717) is 6.61 Å². The third kappa shape index (κ3) is 1.65. The van der Waals surface area contributed by atoms with Gasteiger partial charge in [0.1, 0.15) is 19.3 Å². The number of hydrogen-bond donors (Lipinski definition) is 0. The molecule has 0 radical (unpaired) electrons. The van der Waals surface area contributed by atoms with Crippen molar-refractivity contribution >= 4 is 0 Å². The fourth-order valence-electron chi connectivity index (χ4n) is 0.669. The second kappa shape index (κ2) is 2.15. The second-order valence-electron chi connectivity index (χ2n) is 2.64. The molecule has 2 aliphatic heterocycles. The van der Waals surface area contributed by atoms with E-state index >= 15 is 0 Å². The quantitative estimate of drug-likeness (QED) is 0.530. The summed E-state index contributed by atoms with van der Waals surface area (Å²) in [7, 11) is 0. The fraction of sp³-hybridized carbons (Fsp3) is 1.00. The third-order valence-electron chi connectivity index (χ3n) is 1.48. The Kier molecular flexibility index (Phi) is 1.40. The molecule has 58 valence electrons. The van der Waals surface area contributed by atoms with E-state index in [9.17, 15) is 4.39 Å². The van der Waals surface area contributed by atoms with Crippen molar-refractivity contribution in [3.8, 4) is 0 Å². The van der Waals surface area contributed by atoms with Crippen LogP contribution >= 0.6 is 0 Å². The molecule has 2 rings (SSSR count). The highest BCUT2D eigenvalue weighted by molar-refractivity contribution is 4.79. The van der Waals surface area contributed by atoms with Crippen LogP contribution in [0.1, 0.15) is 0 Å². The maximum absolute atomic E-state index is 12.6. The average molecular weight is 148 g/mol. The van der Waals surface area contributed by atoms with E-state index in [-0.39, 0.29) is 19.3 Å². The molecule has 2 unspecified atom stereocenters. The SMILES string of the molecule is FC1(COCC2CO2)CO1. The molecular weight excluding hydrogens is 139 g/mol. The van der Waals surface area contributed by atoms with Crippen LogP contribution in [-0.2, 0) is 14.2 Å². The fourth-order valence-corrected chi connectivity index (χ4v) is 0.669. The minimum atomic E-state index is -1.46. The van der Waals surface area contributed by atoms with Crippen LogP contribution in [0.4, 0.5) is 4.39 Å². The largest absolute Gasteiger partial charge is 0.373 e. The van der Waals surface area contributed by atoms with Crippen molar-refractivity contribution in [1.82, 2.24) is 0 Å². The molecule has 0 amide bonds. The molecule has 0 aliphatic carbocycles. The third-order valence-corrected chi connectivity index (χ3v) is 1.48. The Balaban J connectivity index is 1.54. The van der Waals surface area contributed by atoms with E-state index in [1.807, 2.05) is 0 Å².